The van der Waals surface area contributed by atoms with Crippen LogP contribution in [0, 0.1) is 0 Å². The molecule has 0 unspecified atom stereocenters. The summed E-state index contributed by atoms with van der Waals surface area (Å²) in [6.45, 7) is 0. The molecule has 8 nitrogen and oxygen atoms in total. The van der Waals surface area contributed by atoms with Gasteiger partial charge in [-0.3, -0.25) is 4.72 Å². The lowest BCUT2D eigenvalue weighted by Crippen LogP contribution is -2.14. The largest absolute Gasteiger partial charge is 0.497 e. The molecule has 0 aliphatic rings. The van der Waals surface area contributed by atoms with Crippen LogP contribution in [0.3, 0.4) is 0 Å². The Morgan fingerprint density at radius 1 is 0.857 bits per heavy atom. The van der Waals surface area contributed by atoms with Crippen LogP contribution in [0.25, 0.3) is 0 Å². The van der Waals surface area contributed by atoms with E-state index in [1.54, 1.807) is 24.3 Å². The summed E-state index contributed by atoms with van der Waals surface area (Å²) in [5, 5.41) is 11.1. The molecule has 3 rings (SSSR count). The van der Waals surface area contributed by atoms with Gasteiger partial charge in [0.1, 0.15) is 5.75 Å². The molecule has 2 aromatic carbocycles. The van der Waals surface area contributed by atoms with E-state index in [0.717, 1.165) is 11.4 Å². The second-order valence-electron chi connectivity index (χ2n) is 6.15. The summed E-state index contributed by atoms with van der Waals surface area (Å²) in [6.07, 6.45) is 0. The Labute approximate surface area is 164 Å². The van der Waals surface area contributed by atoms with E-state index >= 15 is 0 Å². The molecule has 0 spiro atoms. The Balaban J connectivity index is 1.68. The van der Waals surface area contributed by atoms with Crippen molar-refractivity contribution in [2.75, 3.05) is 36.1 Å². The third kappa shape index (κ3) is 4.68. The van der Waals surface area contributed by atoms with Gasteiger partial charge in [0.2, 0.25) is 0 Å². The highest BCUT2D eigenvalue weighted by atomic mass is 32.2. The number of anilines is 4. The Bertz CT molecular complexity index is 1020. The number of aromatic nitrogens is 2. The number of ether oxygens (including phenoxy) is 1. The lowest BCUT2D eigenvalue weighted by Gasteiger charge is -2.13. The van der Waals surface area contributed by atoms with Gasteiger partial charge in [0.25, 0.3) is 10.0 Å². The minimum absolute atomic E-state index is 0.110. The van der Waals surface area contributed by atoms with E-state index in [2.05, 4.69) is 20.2 Å². The van der Waals surface area contributed by atoms with Gasteiger partial charge >= 0.3 is 0 Å². The summed E-state index contributed by atoms with van der Waals surface area (Å²) >= 11 is 0. The van der Waals surface area contributed by atoms with Gasteiger partial charge in [0.05, 0.1) is 12.0 Å². The number of benzene rings is 2. The third-order valence-electron chi connectivity index (χ3n) is 3.93. The Kier molecular flexibility index (Phi) is 5.65. The summed E-state index contributed by atoms with van der Waals surface area (Å²) in [5.74, 6) is 1.21. The monoisotopic (exact) mass is 399 g/mol. The van der Waals surface area contributed by atoms with Crippen LogP contribution in [0.15, 0.2) is 65.6 Å². The zero-order valence-corrected chi connectivity index (χ0v) is 16.6. The SMILES string of the molecule is COc1ccc(S(=O)(=O)Nc2ccc(Nc3ccc(N(C)C)cc3)nn2)cc1. The van der Waals surface area contributed by atoms with E-state index in [-0.39, 0.29) is 10.7 Å². The van der Waals surface area contributed by atoms with Crippen LogP contribution < -0.4 is 19.7 Å². The molecular formula is C19H21N5O3S. The maximum Gasteiger partial charge on any atom is 0.263 e. The fraction of sp³-hybridized carbons (Fsp3) is 0.158. The first-order valence-corrected chi connectivity index (χ1v) is 9.91. The van der Waals surface area contributed by atoms with Gasteiger partial charge < -0.3 is 15.0 Å². The summed E-state index contributed by atoms with van der Waals surface area (Å²) in [6, 6.07) is 17.1. The molecule has 0 aliphatic carbocycles. The Hall–Kier alpha value is -3.33. The highest BCUT2D eigenvalue weighted by Gasteiger charge is 2.15. The predicted octanol–water partition coefficient (Wildman–Crippen LogP) is 3.10. The number of sulfonamides is 1. The van der Waals surface area contributed by atoms with Crippen molar-refractivity contribution in [1.82, 2.24) is 10.2 Å². The van der Waals surface area contributed by atoms with Gasteiger partial charge in [0, 0.05) is 25.5 Å². The van der Waals surface area contributed by atoms with Gasteiger partial charge in [-0.05, 0) is 60.7 Å². The van der Waals surface area contributed by atoms with E-state index in [0.29, 0.717) is 11.6 Å². The van der Waals surface area contributed by atoms with Crippen LogP contribution in [0.4, 0.5) is 23.0 Å². The minimum Gasteiger partial charge on any atom is -0.497 e. The molecule has 0 fully saturated rings. The van der Waals surface area contributed by atoms with Gasteiger partial charge in [0.15, 0.2) is 11.6 Å². The molecule has 0 aliphatic heterocycles. The van der Waals surface area contributed by atoms with E-state index in [9.17, 15) is 8.42 Å². The van der Waals surface area contributed by atoms with Crippen LogP contribution in [0.2, 0.25) is 0 Å². The van der Waals surface area contributed by atoms with Crippen molar-refractivity contribution in [2.45, 2.75) is 4.90 Å². The zero-order valence-electron chi connectivity index (χ0n) is 15.7. The topological polar surface area (TPSA) is 96.5 Å². The molecule has 0 saturated carbocycles. The molecule has 0 atom stereocenters. The molecule has 146 valence electrons. The van der Waals surface area contributed by atoms with Gasteiger partial charge in [-0.15, -0.1) is 10.2 Å². The molecule has 0 amide bonds. The smallest absolute Gasteiger partial charge is 0.263 e. The first kappa shape index (κ1) is 19.4. The normalized spacial score (nSPS) is 11.0. The summed E-state index contributed by atoms with van der Waals surface area (Å²) in [7, 11) is 1.71. The van der Waals surface area contributed by atoms with Gasteiger partial charge in [-0.25, -0.2) is 8.42 Å². The predicted molar refractivity (Wildman–Crippen MR) is 110 cm³/mol. The lowest BCUT2D eigenvalue weighted by molar-refractivity contribution is 0.414. The van der Waals surface area contributed by atoms with E-state index < -0.39 is 10.0 Å². The van der Waals surface area contributed by atoms with E-state index in [4.69, 9.17) is 4.74 Å². The van der Waals surface area contributed by atoms with Gasteiger partial charge in [-0.1, -0.05) is 0 Å². The Morgan fingerprint density at radius 3 is 2.00 bits per heavy atom. The first-order valence-electron chi connectivity index (χ1n) is 8.42. The fourth-order valence-electron chi connectivity index (χ4n) is 2.40. The molecule has 1 aromatic heterocycles. The van der Waals surface area contributed by atoms with Crippen molar-refractivity contribution in [1.29, 1.82) is 0 Å². The molecule has 28 heavy (non-hydrogen) atoms. The lowest BCUT2D eigenvalue weighted by atomic mass is 10.2. The molecule has 9 heteroatoms. The standard InChI is InChI=1S/C19H21N5O3S/c1-24(2)15-6-4-14(5-7-15)20-18-12-13-19(22-21-18)23-28(25,26)17-10-8-16(27-3)9-11-17/h4-13H,1-3H3,(H,20,21)(H,22,23). The van der Waals surface area contributed by atoms with Crippen LogP contribution in [-0.4, -0.2) is 39.8 Å². The molecular weight excluding hydrogens is 378 g/mol. The molecule has 0 saturated heterocycles. The number of nitrogens with one attached hydrogen (secondary N) is 2. The van der Waals surface area contributed by atoms with Crippen molar-refractivity contribution in [3.63, 3.8) is 0 Å². The number of methoxy groups -OCH3 is 1. The average molecular weight is 399 g/mol. The number of nitrogens with zero attached hydrogens (tertiary/aromatic N) is 3. The fourth-order valence-corrected chi connectivity index (χ4v) is 3.39. The quantitative estimate of drug-likeness (QED) is 0.630. The van der Waals surface area contributed by atoms with Crippen LogP contribution in [0.5, 0.6) is 5.75 Å². The zero-order chi connectivity index (χ0) is 20.1. The van der Waals surface area contributed by atoms with Crippen LogP contribution in [-0.2, 0) is 10.0 Å². The third-order valence-corrected chi connectivity index (χ3v) is 5.30. The summed E-state index contributed by atoms with van der Waals surface area (Å²) in [4.78, 5) is 2.12. The molecule has 2 N–H and O–H groups in total. The number of rotatable bonds is 7. The van der Waals surface area contributed by atoms with E-state index in [1.165, 1.54) is 19.2 Å². The maximum atomic E-state index is 12.4. The van der Waals surface area contributed by atoms with Crippen molar-refractivity contribution in [2.24, 2.45) is 0 Å². The van der Waals surface area contributed by atoms with Crippen molar-refractivity contribution >= 4 is 33.0 Å². The van der Waals surface area contributed by atoms with Gasteiger partial charge in [-0.2, -0.15) is 0 Å². The Morgan fingerprint density at radius 2 is 1.46 bits per heavy atom. The molecule has 0 radical (unpaired) electrons. The minimum atomic E-state index is -3.76. The summed E-state index contributed by atoms with van der Waals surface area (Å²) in [5.41, 5.74) is 1.94. The van der Waals surface area contributed by atoms with Crippen molar-refractivity contribution in [3.05, 3.63) is 60.7 Å². The average Bonchev–Trinajstić information content (AvgIpc) is 2.70. The highest BCUT2D eigenvalue weighted by Crippen LogP contribution is 2.21. The number of hydrogen-bond donors (Lipinski definition) is 2. The van der Waals surface area contributed by atoms with Crippen LogP contribution >= 0.6 is 0 Å². The second-order valence-corrected chi connectivity index (χ2v) is 7.83. The molecule has 1 heterocycles. The molecule has 0 bridgehead atoms. The van der Waals surface area contributed by atoms with E-state index in [1.807, 2.05) is 43.3 Å². The van der Waals surface area contributed by atoms with Crippen molar-refractivity contribution in [3.8, 4) is 5.75 Å². The first-order chi connectivity index (χ1) is 13.4. The molecule has 3 aromatic rings. The highest BCUT2D eigenvalue weighted by molar-refractivity contribution is 7.92. The second kappa shape index (κ2) is 8.13. The van der Waals surface area contributed by atoms with Crippen LogP contribution in [0.1, 0.15) is 0 Å². The number of hydrogen-bond acceptors (Lipinski definition) is 7. The maximum absolute atomic E-state index is 12.4. The summed E-state index contributed by atoms with van der Waals surface area (Å²) < 4.78 is 32.3. The van der Waals surface area contributed by atoms with Crippen molar-refractivity contribution < 1.29 is 13.2 Å².